The Kier molecular flexibility index (Phi) is 2.88. The molecule has 2 N–H and O–H groups in total. The second-order valence-electron chi connectivity index (χ2n) is 1.86. The Hall–Kier alpha value is -1.07. The normalized spacial score (nSPS) is 9.91. The number of para-hydroxylation sites is 1. The molecule has 0 saturated carbocycles. The van der Waals surface area contributed by atoms with E-state index in [4.69, 9.17) is 0 Å². The van der Waals surface area contributed by atoms with Crippen LogP contribution in [0.15, 0.2) is 30.3 Å². The van der Waals surface area contributed by atoms with Crippen molar-refractivity contribution in [2.45, 2.75) is 0 Å². The third kappa shape index (κ3) is 3.01. The third-order valence-electron chi connectivity index (χ3n) is 1.07. The van der Waals surface area contributed by atoms with Crippen LogP contribution < -0.4 is 10.3 Å². The highest BCUT2D eigenvalue weighted by molar-refractivity contribution is 7.70. The van der Waals surface area contributed by atoms with Crippen LogP contribution in [-0.2, 0) is 10.9 Å². The molecule has 0 fully saturated rings. The van der Waals surface area contributed by atoms with Crippen LogP contribution in [-0.4, -0.2) is 8.42 Å². The number of hydrogen-bond acceptors (Lipinski definition) is 3. The van der Waals surface area contributed by atoms with Crippen LogP contribution in [0, 0.1) is 0 Å². The molecule has 4 nitrogen and oxygen atoms in total. The van der Waals surface area contributed by atoms with Crippen molar-refractivity contribution >= 4 is 16.6 Å². The van der Waals surface area contributed by atoms with E-state index in [-0.39, 0.29) is 0 Å². The first-order valence-corrected chi connectivity index (χ1v) is 4.18. The van der Waals surface area contributed by atoms with Gasteiger partial charge in [0.25, 0.3) is 0 Å². The molecule has 0 heterocycles. The van der Waals surface area contributed by atoms with Gasteiger partial charge in [0.1, 0.15) is 0 Å². The summed E-state index contributed by atoms with van der Waals surface area (Å²) in [6.07, 6.45) is 0. The van der Waals surface area contributed by atoms with Gasteiger partial charge in [0.2, 0.25) is 10.9 Å². The number of benzene rings is 1. The lowest BCUT2D eigenvalue weighted by atomic mass is 10.3. The molecule has 0 aromatic heterocycles. The smallest absolute Gasteiger partial charge is 0.218 e. The van der Waals surface area contributed by atoms with E-state index < -0.39 is 10.9 Å². The van der Waals surface area contributed by atoms with Gasteiger partial charge in [-0.25, -0.2) is 8.42 Å². The van der Waals surface area contributed by atoms with Crippen LogP contribution in [0.1, 0.15) is 0 Å². The van der Waals surface area contributed by atoms with Crippen molar-refractivity contribution in [3.8, 4) is 0 Å². The van der Waals surface area contributed by atoms with Crippen LogP contribution in [0.2, 0.25) is 0 Å². The van der Waals surface area contributed by atoms with Crippen LogP contribution >= 0.6 is 0 Å². The molecule has 0 bridgehead atoms. The summed E-state index contributed by atoms with van der Waals surface area (Å²) in [5, 5.41) is 0. The second kappa shape index (κ2) is 3.95. The van der Waals surface area contributed by atoms with Crippen molar-refractivity contribution < 1.29 is 8.42 Å². The fourth-order valence-electron chi connectivity index (χ4n) is 0.632. The minimum atomic E-state index is -2.59. The van der Waals surface area contributed by atoms with Crippen molar-refractivity contribution in [2.75, 3.05) is 5.43 Å². The minimum absolute atomic E-state index is 0.715. The number of rotatable bonds is 3. The Balaban J connectivity index is 2.52. The molecule has 60 valence electrons. The molecule has 1 aromatic rings. The standard InChI is InChI=1S/C6H8N2O2S/c9-11(10)8-7-6-4-2-1-3-5-6/h1-5,7,11H,(H,8,9,10). The van der Waals surface area contributed by atoms with E-state index in [1.54, 1.807) is 12.1 Å². The number of anilines is 1. The molecule has 1 rings (SSSR count). The van der Waals surface area contributed by atoms with Crippen LogP contribution in [0.3, 0.4) is 0 Å². The van der Waals surface area contributed by atoms with E-state index in [2.05, 4.69) is 10.3 Å². The molecule has 0 aliphatic carbocycles. The zero-order valence-electron chi connectivity index (χ0n) is 5.65. The van der Waals surface area contributed by atoms with Crippen molar-refractivity contribution in [1.82, 2.24) is 4.83 Å². The molecule has 0 amide bonds. The molecular formula is C6H8N2O2S. The van der Waals surface area contributed by atoms with Crippen molar-refractivity contribution in [1.29, 1.82) is 0 Å². The maximum atomic E-state index is 10.0. The summed E-state index contributed by atoms with van der Waals surface area (Å²) < 4.78 is 20.1. The average Bonchev–Trinajstić information content (AvgIpc) is 2.03. The summed E-state index contributed by atoms with van der Waals surface area (Å²) in [7, 11) is -2.59. The average molecular weight is 172 g/mol. The highest BCUT2D eigenvalue weighted by Crippen LogP contribution is 2.01. The summed E-state index contributed by atoms with van der Waals surface area (Å²) in [6, 6.07) is 8.98. The first-order chi connectivity index (χ1) is 5.29. The summed E-state index contributed by atoms with van der Waals surface area (Å²) in [5.41, 5.74) is 3.21. The summed E-state index contributed by atoms with van der Waals surface area (Å²) in [6.45, 7) is 0. The number of thiol groups is 1. The first-order valence-electron chi connectivity index (χ1n) is 3.00. The number of nitrogens with one attached hydrogen (secondary N) is 2. The van der Waals surface area contributed by atoms with Gasteiger partial charge in [-0.2, -0.15) is 0 Å². The van der Waals surface area contributed by atoms with Gasteiger partial charge in [0, 0.05) is 5.69 Å². The Morgan fingerprint density at radius 1 is 1.09 bits per heavy atom. The largest absolute Gasteiger partial charge is 0.308 e. The van der Waals surface area contributed by atoms with Gasteiger partial charge in [-0.3, -0.25) is 0 Å². The van der Waals surface area contributed by atoms with E-state index in [9.17, 15) is 8.42 Å². The molecule has 0 aliphatic heterocycles. The molecule has 0 radical (unpaired) electrons. The lowest BCUT2D eigenvalue weighted by molar-refractivity contribution is 0.607. The summed E-state index contributed by atoms with van der Waals surface area (Å²) in [4.78, 5) is 2.07. The van der Waals surface area contributed by atoms with Crippen LogP contribution in [0.25, 0.3) is 0 Å². The Morgan fingerprint density at radius 2 is 1.73 bits per heavy atom. The summed E-state index contributed by atoms with van der Waals surface area (Å²) >= 11 is 0. The Bertz CT molecular complexity index is 276. The fraction of sp³-hybridized carbons (Fsp3) is 0. The molecule has 0 unspecified atom stereocenters. The van der Waals surface area contributed by atoms with Gasteiger partial charge in [-0.1, -0.05) is 18.2 Å². The van der Waals surface area contributed by atoms with E-state index in [0.29, 0.717) is 5.69 Å². The maximum Gasteiger partial charge on any atom is 0.218 e. The predicted molar refractivity (Wildman–Crippen MR) is 43.5 cm³/mol. The van der Waals surface area contributed by atoms with E-state index in [0.717, 1.165) is 0 Å². The monoisotopic (exact) mass is 172 g/mol. The minimum Gasteiger partial charge on any atom is -0.308 e. The third-order valence-corrected chi connectivity index (χ3v) is 1.36. The topological polar surface area (TPSA) is 58.2 Å². The molecule has 5 heteroatoms. The van der Waals surface area contributed by atoms with Crippen molar-refractivity contribution in [2.24, 2.45) is 0 Å². The molecule has 0 atom stereocenters. The highest BCUT2D eigenvalue weighted by Gasteiger charge is 1.85. The number of hydrogen-bond donors (Lipinski definition) is 3. The molecule has 0 spiro atoms. The lowest BCUT2D eigenvalue weighted by Crippen LogP contribution is -2.18. The van der Waals surface area contributed by atoms with E-state index >= 15 is 0 Å². The molecule has 0 saturated heterocycles. The summed E-state index contributed by atoms with van der Waals surface area (Å²) in [5.74, 6) is 0. The number of hydrazine groups is 1. The molecule has 1 aromatic carbocycles. The van der Waals surface area contributed by atoms with Gasteiger partial charge >= 0.3 is 0 Å². The van der Waals surface area contributed by atoms with Gasteiger partial charge < -0.3 is 5.43 Å². The molecule has 11 heavy (non-hydrogen) atoms. The first kappa shape index (κ1) is 8.03. The zero-order chi connectivity index (χ0) is 8.10. The quantitative estimate of drug-likeness (QED) is 0.448. The van der Waals surface area contributed by atoms with Gasteiger partial charge in [-0.15, -0.1) is 4.83 Å². The van der Waals surface area contributed by atoms with E-state index in [1.807, 2.05) is 18.2 Å². The Labute approximate surface area is 66.3 Å². The zero-order valence-corrected chi connectivity index (χ0v) is 6.54. The predicted octanol–water partition coefficient (Wildman–Crippen LogP) is 0.129. The second-order valence-corrected chi connectivity index (χ2v) is 2.60. The van der Waals surface area contributed by atoms with Crippen LogP contribution in [0.5, 0.6) is 0 Å². The van der Waals surface area contributed by atoms with Gasteiger partial charge in [0.05, 0.1) is 0 Å². The highest BCUT2D eigenvalue weighted by atomic mass is 32.2. The van der Waals surface area contributed by atoms with Gasteiger partial charge in [-0.05, 0) is 12.1 Å². The SMILES string of the molecule is O=[SH](=O)NNc1ccccc1. The van der Waals surface area contributed by atoms with Crippen LogP contribution in [0.4, 0.5) is 5.69 Å². The van der Waals surface area contributed by atoms with E-state index in [1.165, 1.54) is 0 Å². The van der Waals surface area contributed by atoms with Crippen molar-refractivity contribution in [3.05, 3.63) is 30.3 Å². The molecule has 0 aliphatic rings. The fourth-order valence-corrected chi connectivity index (χ4v) is 0.852. The lowest BCUT2D eigenvalue weighted by Gasteiger charge is -2.00. The van der Waals surface area contributed by atoms with Gasteiger partial charge in [0.15, 0.2) is 0 Å². The maximum absolute atomic E-state index is 10.0. The van der Waals surface area contributed by atoms with Crippen molar-refractivity contribution in [3.63, 3.8) is 0 Å². The Morgan fingerprint density at radius 3 is 2.27 bits per heavy atom. The molecular weight excluding hydrogens is 164 g/mol.